The first-order valence-corrected chi connectivity index (χ1v) is 21.3. The SMILES string of the molecule is CC/C=C\C/C=C\C/C=C\C/C=C\C/C=C\C/C=C\CCCCCCCCC(=O)NC(CO)C(O)/C=C/CCCCCCCCCCCCCC. The van der Waals surface area contributed by atoms with Gasteiger partial charge in [0.25, 0.3) is 0 Å². The highest BCUT2D eigenvalue weighted by atomic mass is 16.3. The standard InChI is InChI=1S/C47H81NO3/c1-3-5-7-9-11-13-15-17-19-20-21-22-23-24-25-26-27-28-29-31-33-35-37-39-41-43-47(51)48-45(44-49)46(50)42-40-38-36-34-32-30-18-16-14-12-10-8-6-4-2/h5,7,11,13,17,19,21-22,24-25,27-28,40,42,45-46,49-50H,3-4,6,8-10,12,14-16,18,20,23,26,29-39,41,43-44H2,1-2H3,(H,48,51)/b7-5-,13-11-,19-17-,22-21-,25-24-,28-27-,42-40+. The summed E-state index contributed by atoms with van der Waals surface area (Å²) in [4.78, 5) is 12.4. The Morgan fingerprint density at radius 2 is 0.863 bits per heavy atom. The molecular weight excluding hydrogens is 627 g/mol. The van der Waals surface area contributed by atoms with Crippen molar-refractivity contribution in [3.8, 4) is 0 Å². The number of allylic oxidation sites excluding steroid dienone is 13. The van der Waals surface area contributed by atoms with Crippen molar-refractivity contribution in [1.29, 1.82) is 0 Å². The first kappa shape index (κ1) is 48.6. The maximum absolute atomic E-state index is 12.4. The largest absolute Gasteiger partial charge is 0.394 e. The molecule has 2 unspecified atom stereocenters. The molecule has 0 saturated carbocycles. The highest BCUT2D eigenvalue weighted by Gasteiger charge is 2.17. The van der Waals surface area contributed by atoms with Crippen LogP contribution in [0.4, 0.5) is 0 Å². The van der Waals surface area contributed by atoms with Gasteiger partial charge in [0.1, 0.15) is 0 Å². The van der Waals surface area contributed by atoms with Crippen LogP contribution in [0.2, 0.25) is 0 Å². The van der Waals surface area contributed by atoms with Gasteiger partial charge < -0.3 is 15.5 Å². The fourth-order valence-electron chi connectivity index (χ4n) is 5.89. The maximum atomic E-state index is 12.4. The number of aliphatic hydroxyl groups excluding tert-OH is 2. The van der Waals surface area contributed by atoms with Crippen LogP contribution in [0.5, 0.6) is 0 Å². The zero-order valence-corrected chi connectivity index (χ0v) is 33.3. The van der Waals surface area contributed by atoms with E-state index in [1.165, 1.54) is 89.9 Å². The second-order valence-electron chi connectivity index (χ2n) is 14.0. The predicted molar refractivity (Wildman–Crippen MR) is 225 cm³/mol. The first-order valence-electron chi connectivity index (χ1n) is 21.3. The Morgan fingerprint density at radius 1 is 0.490 bits per heavy atom. The number of hydrogen-bond donors (Lipinski definition) is 3. The van der Waals surface area contributed by atoms with Gasteiger partial charge in [-0.25, -0.2) is 0 Å². The molecule has 0 aromatic rings. The monoisotopic (exact) mass is 708 g/mol. The molecule has 1 amide bonds. The van der Waals surface area contributed by atoms with E-state index < -0.39 is 12.1 Å². The lowest BCUT2D eigenvalue weighted by atomic mass is 10.0. The van der Waals surface area contributed by atoms with Gasteiger partial charge in [-0.05, 0) is 70.6 Å². The first-order chi connectivity index (χ1) is 25.2. The molecule has 0 saturated heterocycles. The van der Waals surface area contributed by atoms with Crippen LogP contribution in [0.25, 0.3) is 0 Å². The molecule has 0 aromatic carbocycles. The number of carbonyl (C=O) groups is 1. The Kier molecular flexibility index (Phi) is 40.0. The average Bonchev–Trinajstić information content (AvgIpc) is 3.13. The van der Waals surface area contributed by atoms with E-state index in [9.17, 15) is 15.0 Å². The maximum Gasteiger partial charge on any atom is 0.220 e. The van der Waals surface area contributed by atoms with Crippen LogP contribution in [0, 0.1) is 0 Å². The number of amides is 1. The third kappa shape index (κ3) is 38.6. The van der Waals surface area contributed by atoms with E-state index in [1.807, 2.05) is 6.08 Å². The normalized spacial score (nSPS) is 13.9. The number of rotatable bonds is 37. The van der Waals surface area contributed by atoms with E-state index in [4.69, 9.17) is 0 Å². The van der Waals surface area contributed by atoms with Crippen LogP contribution >= 0.6 is 0 Å². The Morgan fingerprint density at radius 3 is 1.29 bits per heavy atom. The summed E-state index contributed by atoms with van der Waals surface area (Å²) in [6.45, 7) is 4.17. The van der Waals surface area contributed by atoms with Gasteiger partial charge in [-0.1, -0.05) is 195 Å². The molecule has 0 aliphatic carbocycles. The van der Waals surface area contributed by atoms with Crippen molar-refractivity contribution in [3.05, 3.63) is 85.1 Å². The van der Waals surface area contributed by atoms with Crippen LogP contribution in [-0.4, -0.2) is 34.9 Å². The molecule has 51 heavy (non-hydrogen) atoms. The third-order valence-corrected chi connectivity index (χ3v) is 9.13. The van der Waals surface area contributed by atoms with Crippen molar-refractivity contribution in [1.82, 2.24) is 5.32 Å². The minimum absolute atomic E-state index is 0.0832. The smallest absolute Gasteiger partial charge is 0.220 e. The molecular formula is C47H81NO3. The summed E-state index contributed by atoms with van der Waals surface area (Å²) < 4.78 is 0. The number of unbranched alkanes of at least 4 members (excludes halogenated alkanes) is 18. The van der Waals surface area contributed by atoms with Crippen LogP contribution in [0.1, 0.15) is 187 Å². The summed E-state index contributed by atoms with van der Waals surface area (Å²) >= 11 is 0. The van der Waals surface area contributed by atoms with Gasteiger partial charge in [-0.15, -0.1) is 0 Å². The molecule has 2 atom stereocenters. The Bertz CT molecular complexity index is 941. The van der Waals surface area contributed by atoms with E-state index in [0.29, 0.717) is 6.42 Å². The summed E-state index contributed by atoms with van der Waals surface area (Å²) in [5.74, 6) is -0.0832. The molecule has 292 valence electrons. The van der Waals surface area contributed by atoms with Gasteiger partial charge in [0, 0.05) is 6.42 Å². The Balaban J connectivity index is 3.67. The number of hydrogen-bond acceptors (Lipinski definition) is 3. The fourth-order valence-corrected chi connectivity index (χ4v) is 5.89. The van der Waals surface area contributed by atoms with Crippen molar-refractivity contribution in [2.24, 2.45) is 0 Å². The Hall–Kier alpha value is -2.43. The summed E-state index contributed by atoms with van der Waals surface area (Å²) in [7, 11) is 0. The molecule has 4 heteroatoms. The average molecular weight is 708 g/mol. The van der Waals surface area contributed by atoms with Crippen molar-refractivity contribution >= 4 is 5.91 Å². The second-order valence-corrected chi connectivity index (χ2v) is 14.0. The van der Waals surface area contributed by atoms with E-state index in [2.05, 4.69) is 92.1 Å². The zero-order chi connectivity index (χ0) is 37.1. The molecule has 0 aliphatic rings. The lowest BCUT2D eigenvalue weighted by Crippen LogP contribution is -2.45. The molecule has 0 fully saturated rings. The van der Waals surface area contributed by atoms with Crippen LogP contribution in [0.15, 0.2) is 85.1 Å². The molecule has 0 bridgehead atoms. The van der Waals surface area contributed by atoms with Crippen molar-refractivity contribution in [2.75, 3.05) is 6.61 Å². The highest BCUT2D eigenvalue weighted by molar-refractivity contribution is 5.76. The summed E-state index contributed by atoms with van der Waals surface area (Å²) in [5, 5.41) is 23.0. The molecule has 3 N–H and O–H groups in total. The fraction of sp³-hybridized carbons (Fsp3) is 0.681. The molecule has 4 nitrogen and oxygen atoms in total. The van der Waals surface area contributed by atoms with Crippen molar-refractivity contribution in [3.63, 3.8) is 0 Å². The lowest BCUT2D eigenvalue weighted by Gasteiger charge is -2.20. The quantitative estimate of drug-likeness (QED) is 0.0445. The minimum atomic E-state index is -0.850. The van der Waals surface area contributed by atoms with Gasteiger partial charge in [-0.2, -0.15) is 0 Å². The van der Waals surface area contributed by atoms with Gasteiger partial charge in [0.2, 0.25) is 5.91 Å². The lowest BCUT2D eigenvalue weighted by molar-refractivity contribution is -0.123. The molecule has 0 spiro atoms. The molecule has 0 heterocycles. The molecule has 0 radical (unpaired) electrons. The van der Waals surface area contributed by atoms with E-state index >= 15 is 0 Å². The van der Waals surface area contributed by atoms with Gasteiger partial charge >= 0.3 is 0 Å². The number of nitrogens with one attached hydrogen (secondary N) is 1. The third-order valence-electron chi connectivity index (χ3n) is 9.13. The van der Waals surface area contributed by atoms with Gasteiger partial charge in [-0.3, -0.25) is 4.79 Å². The van der Waals surface area contributed by atoms with E-state index in [0.717, 1.165) is 77.0 Å². The molecule has 0 rings (SSSR count). The van der Waals surface area contributed by atoms with E-state index in [-0.39, 0.29) is 12.5 Å². The van der Waals surface area contributed by atoms with E-state index in [1.54, 1.807) is 6.08 Å². The zero-order valence-electron chi connectivity index (χ0n) is 33.3. The summed E-state index contributed by atoms with van der Waals surface area (Å²) in [5.41, 5.74) is 0. The van der Waals surface area contributed by atoms with Crippen LogP contribution < -0.4 is 5.32 Å². The second kappa shape index (κ2) is 42.0. The topological polar surface area (TPSA) is 69.6 Å². The number of aliphatic hydroxyl groups is 2. The Labute approximate surface area is 316 Å². The minimum Gasteiger partial charge on any atom is -0.394 e. The molecule has 0 aliphatic heterocycles. The van der Waals surface area contributed by atoms with Crippen LogP contribution in [0.3, 0.4) is 0 Å². The van der Waals surface area contributed by atoms with Crippen molar-refractivity contribution < 1.29 is 15.0 Å². The van der Waals surface area contributed by atoms with Crippen molar-refractivity contribution in [2.45, 2.75) is 199 Å². The summed E-state index contributed by atoms with van der Waals surface area (Å²) in [6.07, 6.45) is 61.0. The number of carbonyl (C=O) groups excluding carboxylic acids is 1. The highest BCUT2D eigenvalue weighted by Crippen LogP contribution is 2.13. The van der Waals surface area contributed by atoms with Crippen LogP contribution in [-0.2, 0) is 4.79 Å². The summed E-state index contributed by atoms with van der Waals surface area (Å²) in [6, 6.07) is -0.634. The van der Waals surface area contributed by atoms with Gasteiger partial charge in [0.05, 0.1) is 18.8 Å². The van der Waals surface area contributed by atoms with Gasteiger partial charge in [0.15, 0.2) is 0 Å². The predicted octanol–water partition coefficient (Wildman–Crippen LogP) is 13.3. The molecule has 0 aromatic heterocycles.